The van der Waals surface area contributed by atoms with E-state index in [2.05, 4.69) is 17.5 Å². The minimum Gasteiger partial charge on any atom is -0.484 e. The van der Waals surface area contributed by atoms with E-state index in [1.807, 2.05) is 12.1 Å². The largest absolute Gasteiger partial charge is 0.484 e. The summed E-state index contributed by atoms with van der Waals surface area (Å²) in [6.07, 6.45) is 2.10. The van der Waals surface area contributed by atoms with Crippen LogP contribution in [0.5, 0.6) is 5.75 Å². The van der Waals surface area contributed by atoms with E-state index in [0.29, 0.717) is 5.75 Å². The second-order valence-corrected chi connectivity index (χ2v) is 4.51. The molecule has 1 amide bonds. The zero-order valence-corrected chi connectivity index (χ0v) is 12.4. The molecule has 8 heteroatoms. The summed E-state index contributed by atoms with van der Waals surface area (Å²) < 4.78 is 10.2. The number of ether oxygens (including phenoxy) is 1. The van der Waals surface area contributed by atoms with E-state index in [0.717, 1.165) is 6.42 Å². The molecule has 0 radical (unpaired) electrons. The minimum absolute atomic E-state index is 0.160. The molecule has 2 aromatic rings. The lowest BCUT2D eigenvalue weighted by atomic mass is 10.2. The highest BCUT2D eigenvalue weighted by Crippen LogP contribution is 2.14. The molecule has 0 spiro atoms. The van der Waals surface area contributed by atoms with E-state index < -0.39 is 16.7 Å². The number of aryl methyl sites for hydroxylation is 1. The number of nitro groups is 1. The molecule has 0 saturated heterocycles. The molecule has 0 aliphatic heterocycles. The van der Waals surface area contributed by atoms with E-state index in [1.54, 1.807) is 12.1 Å². The van der Waals surface area contributed by atoms with E-state index in [9.17, 15) is 14.9 Å². The summed E-state index contributed by atoms with van der Waals surface area (Å²) >= 11 is 0. The Labute approximate surface area is 131 Å². The first-order valence-electron chi connectivity index (χ1n) is 6.86. The van der Waals surface area contributed by atoms with Crippen molar-refractivity contribution >= 4 is 18.0 Å². The van der Waals surface area contributed by atoms with E-state index in [1.165, 1.54) is 23.9 Å². The standard InChI is InChI=1S/C15H15N3O5/c1-2-11-3-5-12(6-4-11)22-10-14(19)17-16-9-13-7-8-15(23-13)18(20)21/h3-9H,2,10H2,1H3,(H,17,19)/b16-9-. The quantitative estimate of drug-likeness (QED) is 0.479. The predicted molar refractivity (Wildman–Crippen MR) is 82.4 cm³/mol. The van der Waals surface area contributed by atoms with Gasteiger partial charge in [-0.3, -0.25) is 14.9 Å². The number of hydrogen-bond acceptors (Lipinski definition) is 6. The van der Waals surface area contributed by atoms with E-state index >= 15 is 0 Å². The number of amides is 1. The molecular formula is C15H15N3O5. The maximum absolute atomic E-state index is 11.6. The lowest BCUT2D eigenvalue weighted by molar-refractivity contribution is -0.402. The van der Waals surface area contributed by atoms with Gasteiger partial charge >= 0.3 is 5.88 Å². The van der Waals surface area contributed by atoms with Gasteiger partial charge in [0, 0.05) is 0 Å². The average Bonchev–Trinajstić information content (AvgIpc) is 3.02. The minimum atomic E-state index is -0.659. The molecular weight excluding hydrogens is 302 g/mol. The number of carbonyl (C=O) groups is 1. The Balaban J connectivity index is 1.77. The van der Waals surface area contributed by atoms with Crippen LogP contribution in [0.2, 0.25) is 0 Å². The summed E-state index contributed by atoms with van der Waals surface area (Å²) in [6.45, 7) is 1.86. The van der Waals surface area contributed by atoms with Gasteiger partial charge in [-0.1, -0.05) is 19.1 Å². The highest BCUT2D eigenvalue weighted by Gasteiger charge is 2.10. The zero-order valence-electron chi connectivity index (χ0n) is 12.4. The highest BCUT2D eigenvalue weighted by molar-refractivity contribution is 5.81. The summed E-state index contributed by atoms with van der Waals surface area (Å²) in [4.78, 5) is 21.3. The van der Waals surface area contributed by atoms with Crippen LogP contribution in [-0.2, 0) is 11.2 Å². The second kappa shape index (κ2) is 7.74. The lowest BCUT2D eigenvalue weighted by Gasteiger charge is -2.05. The van der Waals surface area contributed by atoms with Gasteiger partial charge in [0.25, 0.3) is 5.91 Å². The Morgan fingerprint density at radius 3 is 2.70 bits per heavy atom. The van der Waals surface area contributed by atoms with Gasteiger partial charge in [0.1, 0.15) is 10.7 Å². The summed E-state index contributed by atoms with van der Waals surface area (Å²) in [5.74, 6) is -0.102. The molecule has 1 aromatic heterocycles. The fraction of sp³-hybridized carbons (Fsp3) is 0.200. The van der Waals surface area contributed by atoms with Crippen molar-refractivity contribution in [3.05, 3.63) is 57.8 Å². The highest BCUT2D eigenvalue weighted by atomic mass is 16.6. The molecule has 0 unspecified atom stereocenters. The van der Waals surface area contributed by atoms with Crippen molar-refractivity contribution in [3.8, 4) is 5.75 Å². The smallest absolute Gasteiger partial charge is 0.433 e. The Kier molecular flexibility index (Phi) is 5.45. The Morgan fingerprint density at radius 1 is 1.35 bits per heavy atom. The Bertz CT molecular complexity index is 706. The van der Waals surface area contributed by atoms with E-state index in [4.69, 9.17) is 9.15 Å². The number of furan rings is 1. The van der Waals surface area contributed by atoms with Crippen molar-refractivity contribution in [2.24, 2.45) is 5.10 Å². The maximum atomic E-state index is 11.6. The SMILES string of the molecule is CCc1ccc(OCC(=O)N/N=C\c2ccc([N+](=O)[O-])o2)cc1. The Hall–Kier alpha value is -3.16. The third-order valence-electron chi connectivity index (χ3n) is 2.88. The van der Waals surface area contributed by atoms with Gasteiger partial charge in [-0.2, -0.15) is 5.10 Å². The van der Waals surface area contributed by atoms with Gasteiger partial charge in [0.2, 0.25) is 0 Å². The molecule has 1 aromatic carbocycles. The lowest BCUT2D eigenvalue weighted by Crippen LogP contribution is -2.24. The fourth-order valence-corrected chi connectivity index (χ4v) is 1.68. The molecule has 8 nitrogen and oxygen atoms in total. The summed E-state index contributed by atoms with van der Waals surface area (Å²) in [5, 5.41) is 14.1. The predicted octanol–water partition coefficient (Wildman–Crippen LogP) is 2.28. The number of nitrogens with zero attached hydrogens (tertiary/aromatic N) is 2. The fourth-order valence-electron chi connectivity index (χ4n) is 1.68. The molecule has 0 aliphatic carbocycles. The second-order valence-electron chi connectivity index (χ2n) is 4.51. The van der Waals surface area contributed by atoms with Crippen molar-refractivity contribution < 1.29 is 18.9 Å². The Morgan fingerprint density at radius 2 is 2.09 bits per heavy atom. The first-order valence-corrected chi connectivity index (χ1v) is 6.86. The van der Waals surface area contributed by atoms with Crippen LogP contribution in [-0.4, -0.2) is 23.7 Å². The van der Waals surface area contributed by atoms with E-state index in [-0.39, 0.29) is 12.4 Å². The number of hydrogen-bond donors (Lipinski definition) is 1. The topological polar surface area (TPSA) is 107 Å². The average molecular weight is 317 g/mol. The van der Waals surface area contributed by atoms with Crippen LogP contribution in [0, 0.1) is 10.1 Å². The number of nitrogens with one attached hydrogen (secondary N) is 1. The van der Waals surface area contributed by atoms with Gasteiger partial charge < -0.3 is 9.15 Å². The van der Waals surface area contributed by atoms with Gasteiger partial charge in [-0.15, -0.1) is 0 Å². The number of benzene rings is 1. The third kappa shape index (κ3) is 4.95. The van der Waals surface area contributed by atoms with Crippen LogP contribution in [0.4, 0.5) is 5.88 Å². The molecule has 2 rings (SSSR count). The molecule has 0 saturated carbocycles. The number of hydrazone groups is 1. The molecule has 1 heterocycles. The molecule has 0 atom stereocenters. The molecule has 23 heavy (non-hydrogen) atoms. The maximum Gasteiger partial charge on any atom is 0.433 e. The van der Waals surface area contributed by atoms with Crippen LogP contribution >= 0.6 is 0 Å². The molecule has 0 bridgehead atoms. The third-order valence-corrected chi connectivity index (χ3v) is 2.88. The zero-order chi connectivity index (χ0) is 16.7. The first-order chi connectivity index (χ1) is 11.1. The van der Waals surface area contributed by atoms with Crippen LogP contribution in [0.3, 0.4) is 0 Å². The molecule has 120 valence electrons. The van der Waals surface area contributed by atoms with Gasteiger partial charge in [0.05, 0.1) is 12.3 Å². The van der Waals surface area contributed by atoms with Crippen LogP contribution in [0.15, 0.2) is 45.9 Å². The molecule has 1 N–H and O–H groups in total. The number of rotatable bonds is 7. The van der Waals surface area contributed by atoms with Crippen molar-refractivity contribution in [3.63, 3.8) is 0 Å². The monoisotopic (exact) mass is 317 g/mol. The summed E-state index contributed by atoms with van der Waals surface area (Å²) in [5.41, 5.74) is 3.42. The van der Waals surface area contributed by atoms with Crippen molar-refractivity contribution in [1.82, 2.24) is 5.43 Å². The van der Waals surface area contributed by atoms with Gasteiger partial charge in [-0.05, 0) is 30.2 Å². The summed E-state index contributed by atoms with van der Waals surface area (Å²) in [7, 11) is 0. The first kappa shape index (κ1) is 16.2. The van der Waals surface area contributed by atoms with Crippen molar-refractivity contribution in [2.75, 3.05) is 6.61 Å². The molecule has 0 fully saturated rings. The molecule has 0 aliphatic rings. The number of carbonyl (C=O) groups excluding carboxylic acids is 1. The van der Waals surface area contributed by atoms with Gasteiger partial charge in [0.15, 0.2) is 12.4 Å². The summed E-state index contributed by atoms with van der Waals surface area (Å²) in [6, 6.07) is 10.0. The van der Waals surface area contributed by atoms with Crippen molar-refractivity contribution in [1.29, 1.82) is 0 Å². The normalized spacial score (nSPS) is 10.7. The van der Waals surface area contributed by atoms with Crippen LogP contribution in [0.1, 0.15) is 18.2 Å². The van der Waals surface area contributed by atoms with Gasteiger partial charge in [-0.25, -0.2) is 5.43 Å². The van der Waals surface area contributed by atoms with Crippen molar-refractivity contribution in [2.45, 2.75) is 13.3 Å². The van der Waals surface area contributed by atoms with Crippen LogP contribution in [0.25, 0.3) is 0 Å². The van der Waals surface area contributed by atoms with Crippen LogP contribution < -0.4 is 10.2 Å².